The lowest BCUT2D eigenvalue weighted by atomic mass is 10.1. The predicted molar refractivity (Wildman–Crippen MR) is 102 cm³/mol. The number of hydrogen-bond acceptors (Lipinski definition) is 6. The highest BCUT2D eigenvalue weighted by molar-refractivity contribution is 6.39. The molecule has 2 aromatic carbocycles. The van der Waals surface area contributed by atoms with Crippen LogP contribution in [0.1, 0.15) is 5.56 Å². The number of nitrogens with zero attached hydrogens (tertiary/aromatic N) is 1. The van der Waals surface area contributed by atoms with Crippen molar-refractivity contribution in [3.8, 4) is 11.5 Å². The van der Waals surface area contributed by atoms with Crippen molar-refractivity contribution in [1.29, 1.82) is 0 Å². The number of barbiturate groups is 1. The molecule has 1 saturated heterocycles. The van der Waals surface area contributed by atoms with E-state index in [-0.39, 0.29) is 22.8 Å². The topological polar surface area (TPSA) is 122 Å². The van der Waals surface area contributed by atoms with Gasteiger partial charge in [0.2, 0.25) is 0 Å². The molecule has 4 amide bonds. The fourth-order valence-corrected chi connectivity index (χ4v) is 2.68. The van der Waals surface area contributed by atoms with E-state index in [2.05, 4.69) is 5.32 Å². The number of amides is 4. The van der Waals surface area contributed by atoms with Gasteiger partial charge in [-0.05, 0) is 48.0 Å². The van der Waals surface area contributed by atoms with Gasteiger partial charge in [-0.3, -0.25) is 14.9 Å². The maximum atomic E-state index is 13.2. The number of urea groups is 1. The van der Waals surface area contributed by atoms with E-state index in [1.807, 2.05) is 0 Å². The summed E-state index contributed by atoms with van der Waals surface area (Å²) in [7, 11) is 1.34. The summed E-state index contributed by atoms with van der Waals surface area (Å²) in [5, 5.41) is 10.8. The summed E-state index contributed by atoms with van der Waals surface area (Å²) in [4.78, 5) is 48.5. The summed E-state index contributed by atoms with van der Waals surface area (Å²) in [6.07, 6.45) is 1.24. The Morgan fingerprint density at radius 1 is 1.13 bits per heavy atom. The summed E-state index contributed by atoms with van der Waals surface area (Å²) >= 11 is 0. The van der Waals surface area contributed by atoms with Gasteiger partial charge in [-0.25, -0.2) is 18.9 Å². The molecule has 3 rings (SSSR count). The van der Waals surface area contributed by atoms with Crippen LogP contribution in [0.4, 0.5) is 14.9 Å². The van der Waals surface area contributed by atoms with Gasteiger partial charge in [0.05, 0.1) is 12.8 Å². The van der Waals surface area contributed by atoms with Crippen molar-refractivity contribution in [2.24, 2.45) is 0 Å². The van der Waals surface area contributed by atoms with Crippen LogP contribution in [0.25, 0.3) is 6.08 Å². The molecular formula is C20H15FN2O7. The third-order valence-electron chi connectivity index (χ3n) is 4.04. The molecule has 1 heterocycles. The zero-order valence-corrected chi connectivity index (χ0v) is 15.5. The van der Waals surface area contributed by atoms with Crippen LogP contribution in [0, 0.1) is 5.82 Å². The Morgan fingerprint density at radius 3 is 2.47 bits per heavy atom. The molecule has 10 heteroatoms. The zero-order valence-electron chi connectivity index (χ0n) is 15.5. The van der Waals surface area contributed by atoms with Gasteiger partial charge >= 0.3 is 12.0 Å². The first kappa shape index (κ1) is 20.5. The Hall–Kier alpha value is -4.21. The van der Waals surface area contributed by atoms with Crippen molar-refractivity contribution in [1.82, 2.24) is 5.32 Å². The Balaban J connectivity index is 1.94. The quantitative estimate of drug-likeness (QED) is 0.547. The number of carbonyl (C=O) groups excluding carboxylic acids is 3. The Bertz CT molecular complexity index is 1060. The van der Waals surface area contributed by atoms with Gasteiger partial charge in [0, 0.05) is 0 Å². The molecule has 0 aromatic heterocycles. The third kappa shape index (κ3) is 4.27. The van der Waals surface area contributed by atoms with E-state index in [0.29, 0.717) is 10.5 Å². The number of imide groups is 2. The van der Waals surface area contributed by atoms with E-state index in [0.717, 1.165) is 12.1 Å². The van der Waals surface area contributed by atoms with Gasteiger partial charge in [-0.2, -0.15) is 0 Å². The zero-order chi connectivity index (χ0) is 21.8. The molecule has 1 fully saturated rings. The molecule has 2 aromatic rings. The smallest absolute Gasteiger partial charge is 0.341 e. The van der Waals surface area contributed by atoms with Crippen molar-refractivity contribution in [2.75, 3.05) is 18.6 Å². The van der Waals surface area contributed by atoms with Crippen LogP contribution >= 0.6 is 0 Å². The second kappa shape index (κ2) is 8.43. The van der Waals surface area contributed by atoms with E-state index in [1.165, 1.54) is 43.5 Å². The van der Waals surface area contributed by atoms with Gasteiger partial charge < -0.3 is 14.6 Å². The molecule has 1 aliphatic heterocycles. The van der Waals surface area contributed by atoms with E-state index >= 15 is 0 Å². The van der Waals surface area contributed by atoms with Crippen LogP contribution in [-0.2, 0) is 14.4 Å². The second-order valence-corrected chi connectivity index (χ2v) is 6.03. The van der Waals surface area contributed by atoms with Gasteiger partial charge in [0.25, 0.3) is 11.8 Å². The first-order valence-electron chi connectivity index (χ1n) is 8.50. The molecular weight excluding hydrogens is 399 g/mol. The molecule has 9 nitrogen and oxygen atoms in total. The van der Waals surface area contributed by atoms with Gasteiger partial charge in [0.15, 0.2) is 18.1 Å². The Kier molecular flexibility index (Phi) is 5.77. The van der Waals surface area contributed by atoms with Crippen LogP contribution in [0.3, 0.4) is 0 Å². The number of methoxy groups -OCH3 is 1. The molecule has 30 heavy (non-hydrogen) atoms. The highest BCUT2D eigenvalue weighted by atomic mass is 19.1. The highest BCUT2D eigenvalue weighted by Crippen LogP contribution is 2.30. The Labute approximate surface area is 169 Å². The van der Waals surface area contributed by atoms with Crippen LogP contribution in [0.15, 0.2) is 48.0 Å². The van der Waals surface area contributed by atoms with Crippen molar-refractivity contribution in [3.05, 3.63) is 59.4 Å². The first-order valence-corrected chi connectivity index (χ1v) is 8.50. The Morgan fingerprint density at radius 2 is 1.83 bits per heavy atom. The average Bonchev–Trinajstić information content (AvgIpc) is 2.71. The van der Waals surface area contributed by atoms with Gasteiger partial charge in [-0.1, -0.05) is 6.07 Å². The summed E-state index contributed by atoms with van der Waals surface area (Å²) < 4.78 is 23.4. The van der Waals surface area contributed by atoms with E-state index in [1.54, 1.807) is 0 Å². The van der Waals surface area contributed by atoms with E-state index < -0.39 is 36.2 Å². The average molecular weight is 414 g/mol. The number of halogens is 1. The largest absolute Gasteiger partial charge is 0.493 e. The number of benzene rings is 2. The minimum absolute atomic E-state index is 0.0901. The number of anilines is 1. The number of carboxylic acids is 1. The fraction of sp³-hybridized carbons (Fsp3) is 0.100. The molecule has 1 aliphatic rings. The molecule has 2 N–H and O–H groups in total. The van der Waals surface area contributed by atoms with Crippen molar-refractivity contribution >= 4 is 35.6 Å². The standard InChI is InChI=1S/C20H15FN2O7/c1-29-16-9-11(2-7-15(16)30-10-17(24)25)8-14-18(26)22-20(28)23(19(14)27)13-5-3-12(21)4-6-13/h2-9H,10H2,1H3,(H,24,25)(H,22,26,28). The first-order chi connectivity index (χ1) is 14.3. The fourth-order valence-electron chi connectivity index (χ4n) is 2.68. The van der Waals surface area contributed by atoms with Crippen LogP contribution in [-0.4, -0.2) is 42.6 Å². The summed E-state index contributed by atoms with van der Waals surface area (Å²) in [5.74, 6) is -3.16. The number of nitrogens with one attached hydrogen (secondary N) is 1. The highest BCUT2D eigenvalue weighted by Gasteiger charge is 2.36. The van der Waals surface area contributed by atoms with Crippen LogP contribution in [0.5, 0.6) is 11.5 Å². The molecule has 154 valence electrons. The second-order valence-electron chi connectivity index (χ2n) is 6.03. The number of aliphatic carboxylic acids is 1. The maximum Gasteiger partial charge on any atom is 0.341 e. The summed E-state index contributed by atoms with van der Waals surface area (Å²) in [6, 6.07) is 8.00. The van der Waals surface area contributed by atoms with Crippen molar-refractivity contribution < 1.29 is 38.1 Å². The minimum atomic E-state index is -1.17. The van der Waals surface area contributed by atoms with Crippen LogP contribution in [0.2, 0.25) is 0 Å². The number of carbonyl (C=O) groups is 4. The molecule has 0 bridgehead atoms. The number of carboxylic acid groups (broad SMARTS) is 1. The number of ether oxygens (including phenoxy) is 2. The number of rotatable bonds is 6. The summed E-state index contributed by atoms with van der Waals surface area (Å²) in [5.41, 5.74) is 0.119. The lowest BCUT2D eigenvalue weighted by Gasteiger charge is -2.26. The van der Waals surface area contributed by atoms with E-state index in [4.69, 9.17) is 14.6 Å². The molecule has 0 aliphatic carbocycles. The third-order valence-corrected chi connectivity index (χ3v) is 4.04. The normalized spacial score (nSPS) is 15.2. The monoisotopic (exact) mass is 414 g/mol. The van der Waals surface area contributed by atoms with Crippen LogP contribution < -0.4 is 19.7 Å². The number of hydrogen-bond donors (Lipinski definition) is 2. The molecule has 0 saturated carbocycles. The minimum Gasteiger partial charge on any atom is -0.493 e. The molecule has 0 spiro atoms. The lowest BCUT2D eigenvalue weighted by Crippen LogP contribution is -2.54. The van der Waals surface area contributed by atoms with Crippen molar-refractivity contribution in [2.45, 2.75) is 0 Å². The SMILES string of the molecule is COc1cc(C=C2C(=O)NC(=O)N(c3ccc(F)cc3)C2=O)ccc1OCC(=O)O. The summed E-state index contributed by atoms with van der Waals surface area (Å²) in [6.45, 7) is -0.577. The van der Waals surface area contributed by atoms with E-state index in [9.17, 15) is 23.6 Å². The maximum absolute atomic E-state index is 13.2. The predicted octanol–water partition coefficient (Wildman–Crippen LogP) is 1.96. The van der Waals surface area contributed by atoms with Gasteiger partial charge in [-0.15, -0.1) is 0 Å². The molecule has 0 unspecified atom stereocenters. The van der Waals surface area contributed by atoms with Gasteiger partial charge in [0.1, 0.15) is 11.4 Å². The lowest BCUT2D eigenvalue weighted by molar-refractivity contribution is -0.139. The van der Waals surface area contributed by atoms with Crippen molar-refractivity contribution in [3.63, 3.8) is 0 Å². The molecule has 0 radical (unpaired) electrons. The molecule has 0 atom stereocenters.